The van der Waals surface area contributed by atoms with Gasteiger partial charge in [-0.3, -0.25) is 14.3 Å². The van der Waals surface area contributed by atoms with Gasteiger partial charge in [-0.05, 0) is 37.6 Å². The fraction of sp³-hybridized carbons (Fsp3) is 0.150. The predicted molar refractivity (Wildman–Crippen MR) is 112 cm³/mol. The molecule has 29 heavy (non-hydrogen) atoms. The number of aromatic nitrogens is 4. The van der Waals surface area contributed by atoms with Crippen LogP contribution >= 0.6 is 22.9 Å². The lowest BCUT2D eigenvalue weighted by atomic mass is 10.1. The average molecular weight is 427 g/mol. The molecule has 0 unspecified atom stereocenters. The number of aryl methyl sites for hydroxylation is 1. The highest BCUT2D eigenvalue weighted by molar-refractivity contribution is 7.12. The molecule has 146 valence electrons. The Labute approximate surface area is 174 Å². The van der Waals surface area contributed by atoms with Crippen molar-refractivity contribution in [3.8, 4) is 16.5 Å². The second kappa shape index (κ2) is 7.73. The summed E-state index contributed by atoms with van der Waals surface area (Å²) in [5.74, 6) is -0.691. The molecule has 0 atom stereocenters. The van der Waals surface area contributed by atoms with Gasteiger partial charge >= 0.3 is 5.97 Å². The van der Waals surface area contributed by atoms with E-state index >= 15 is 0 Å². The number of ether oxygens (including phenoxy) is 1. The summed E-state index contributed by atoms with van der Waals surface area (Å²) < 4.78 is 6.66. The summed E-state index contributed by atoms with van der Waals surface area (Å²) in [4.78, 5) is 38.6. The second-order valence-corrected chi connectivity index (χ2v) is 7.38. The molecule has 4 aromatic rings. The zero-order valence-corrected chi connectivity index (χ0v) is 17.1. The molecule has 0 radical (unpaired) electrons. The fourth-order valence-electron chi connectivity index (χ4n) is 2.96. The zero-order valence-electron chi connectivity index (χ0n) is 15.5. The minimum absolute atomic E-state index is 0.0823. The molecule has 0 aliphatic rings. The number of halogens is 1. The van der Waals surface area contributed by atoms with Crippen LogP contribution in [-0.4, -0.2) is 32.1 Å². The zero-order chi connectivity index (χ0) is 20.5. The number of hydrogen-bond donors (Lipinski definition) is 0. The Morgan fingerprint density at radius 2 is 2.10 bits per heavy atom. The number of esters is 1. The van der Waals surface area contributed by atoms with Gasteiger partial charge in [0.2, 0.25) is 5.43 Å². The van der Waals surface area contributed by atoms with Gasteiger partial charge in [0.15, 0.2) is 10.8 Å². The lowest BCUT2D eigenvalue weighted by Crippen LogP contribution is -2.21. The molecule has 4 rings (SSSR count). The van der Waals surface area contributed by atoms with Crippen molar-refractivity contribution in [2.45, 2.75) is 13.8 Å². The largest absolute Gasteiger partial charge is 0.462 e. The SMILES string of the molecule is CCOC(=O)c1cn(-c2nc(-c3ccccn3)cs2)c2nc(Cl)cc(C)c2c1=O. The van der Waals surface area contributed by atoms with Crippen LogP contribution in [0.25, 0.3) is 27.6 Å². The first kappa shape index (κ1) is 19.2. The van der Waals surface area contributed by atoms with Gasteiger partial charge in [0.1, 0.15) is 16.4 Å². The van der Waals surface area contributed by atoms with E-state index in [0.717, 1.165) is 0 Å². The van der Waals surface area contributed by atoms with Crippen LogP contribution in [0.15, 0.2) is 46.8 Å². The third kappa shape index (κ3) is 3.52. The van der Waals surface area contributed by atoms with Crippen LogP contribution in [0.3, 0.4) is 0 Å². The number of hydrogen-bond acceptors (Lipinski definition) is 7. The molecule has 0 saturated heterocycles. The van der Waals surface area contributed by atoms with E-state index in [9.17, 15) is 9.59 Å². The van der Waals surface area contributed by atoms with E-state index in [4.69, 9.17) is 16.3 Å². The maximum atomic E-state index is 13.0. The molecule has 4 aromatic heterocycles. The standard InChI is InChI=1S/C20H15ClN4O3S/c1-3-28-19(27)12-9-25(18-16(17(12)26)11(2)8-15(21)24-18)20-23-14(10-29-20)13-6-4-5-7-22-13/h4-10H,3H2,1-2H3. The molecule has 4 heterocycles. The Bertz CT molecular complexity index is 1280. The Balaban J connectivity index is 1.99. The highest BCUT2D eigenvalue weighted by Crippen LogP contribution is 2.26. The number of carbonyl (C=O) groups is 1. The van der Waals surface area contributed by atoms with E-state index in [1.165, 1.54) is 17.5 Å². The summed E-state index contributed by atoms with van der Waals surface area (Å²) in [6.45, 7) is 3.59. The maximum absolute atomic E-state index is 13.0. The molecule has 0 saturated carbocycles. The van der Waals surface area contributed by atoms with E-state index in [-0.39, 0.29) is 17.3 Å². The summed E-state index contributed by atoms with van der Waals surface area (Å²) in [5, 5.41) is 2.92. The van der Waals surface area contributed by atoms with E-state index in [2.05, 4.69) is 15.0 Å². The molecule has 0 aliphatic carbocycles. The lowest BCUT2D eigenvalue weighted by molar-refractivity contribution is 0.0524. The first-order valence-electron chi connectivity index (χ1n) is 8.76. The first-order valence-corrected chi connectivity index (χ1v) is 10.0. The number of fused-ring (bicyclic) bond motifs is 1. The van der Waals surface area contributed by atoms with Crippen LogP contribution in [0.5, 0.6) is 0 Å². The Hall–Kier alpha value is -3.10. The summed E-state index contributed by atoms with van der Waals surface area (Å²) >= 11 is 7.48. The molecule has 0 aliphatic heterocycles. The van der Waals surface area contributed by atoms with Gasteiger partial charge in [0, 0.05) is 17.8 Å². The van der Waals surface area contributed by atoms with Crippen LogP contribution < -0.4 is 5.43 Å². The summed E-state index contributed by atoms with van der Waals surface area (Å²) in [7, 11) is 0. The summed E-state index contributed by atoms with van der Waals surface area (Å²) in [6.07, 6.45) is 3.10. The van der Waals surface area contributed by atoms with Crippen LogP contribution in [0, 0.1) is 6.92 Å². The minimum atomic E-state index is -0.691. The van der Waals surface area contributed by atoms with Gasteiger partial charge in [-0.1, -0.05) is 17.7 Å². The monoisotopic (exact) mass is 426 g/mol. The topological polar surface area (TPSA) is 87.0 Å². The molecule has 0 fully saturated rings. The van der Waals surface area contributed by atoms with Crippen molar-refractivity contribution < 1.29 is 9.53 Å². The third-order valence-electron chi connectivity index (χ3n) is 4.25. The van der Waals surface area contributed by atoms with Gasteiger partial charge in [0.05, 0.1) is 17.7 Å². The van der Waals surface area contributed by atoms with Crippen LogP contribution in [0.2, 0.25) is 5.15 Å². The third-order valence-corrected chi connectivity index (χ3v) is 5.28. The van der Waals surface area contributed by atoms with Crippen molar-refractivity contribution in [3.05, 3.63) is 68.5 Å². The number of carbonyl (C=O) groups excluding carboxylic acids is 1. The lowest BCUT2D eigenvalue weighted by Gasteiger charge is -2.11. The average Bonchev–Trinajstić information content (AvgIpc) is 3.18. The van der Waals surface area contributed by atoms with E-state index in [0.29, 0.717) is 33.1 Å². The number of rotatable bonds is 4. The van der Waals surface area contributed by atoms with Crippen LogP contribution in [0.1, 0.15) is 22.8 Å². The molecular formula is C20H15ClN4O3S. The molecule has 0 spiro atoms. The Kier molecular flexibility index (Phi) is 5.12. The number of pyridine rings is 3. The highest BCUT2D eigenvalue weighted by Gasteiger charge is 2.21. The predicted octanol–water partition coefficient (Wildman–Crippen LogP) is 4.04. The van der Waals surface area contributed by atoms with Gasteiger partial charge in [-0.2, -0.15) is 0 Å². The van der Waals surface area contributed by atoms with Crippen LogP contribution in [-0.2, 0) is 4.74 Å². The molecule has 9 heteroatoms. The van der Waals surface area contributed by atoms with E-state index in [1.54, 1.807) is 30.7 Å². The van der Waals surface area contributed by atoms with Gasteiger partial charge in [0.25, 0.3) is 0 Å². The summed E-state index contributed by atoms with van der Waals surface area (Å²) in [5.41, 5.74) is 1.81. The van der Waals surface area contributed by atoms with Crippen molar-refractivity contribution in [2.75, 3.05) is 6.61 Å². The Morgan fingerprint density at radius 3 is 2.83 bits per heavy atom. The van der Waals surface area contributed by atoms with E-state index < -0.39 is 11.4 Å². The molecular weight excluding hydrogens is 412 g/mol. The van der Waals surface area contributed by atoms with Crippen molar-refractivity contribution in [2.24, 2.45) is 0 Å². The second-order valence-electron chi connectivity index (χ2n) is 6.15. The van der Waals surface area contributed by atoms with Gasteiger partial charge < -0.3 is 4.74 Å². The van der Waals surface area contributed by atoms with Crippen molar-refractivity contribution in [1.82, 2.24) is 19.5 Å². The molecule has 0 bridgehead atoms. The Morgan fingerprint density at radius 1 is 1.28 bits per heavy atom. The normalized spacial score (nSPS) is 11.0. The first-order chi connectivity index (χ1) is 14.0. The van der Waals surface area contributed by atoms with Crippen molar-refractivity contribution in [1.29, 1.82) is 0 Å². The molecule has 7 nitrogen and oxygen atoms in total. The van der Waals surface area contributed by atoms with Crippen molar-refractivity contribution >= 4 is 39.9 Å². The van der Waals surface area contributed by atoms with E-state index in [1.807, 2.05) is 23.6 Å². The minimum Gasteiger partial charge on any atom is -0.462 e. The van der Waals surface area contributed by atoms with Gasteiger partial charge in [-0.25, -0.2) is 14.8 Å². The molecule has 0 aromatic carbocycles. The fourth-order valence-corrected chi connectivity index (χ4v) is 4.00. The van der Waals surface area contributed by atoms with Crippen molar-refractivity contribution in [3.63, 3.8) is 0 Å². The van der Waals surface area contributed by atoms with Gasteiger partial charge in [-0.15, -0.1) is 11.3 Å². The number of nitrogens with zero attached hydrogens (tertiary/aromatic N) is 4. The number of thiazole rings is 1. The molecule has 0 amide bonds. The highest BCUT2D eigenvalue weighted by atomic mass is 35.5. The smallest absolute Gasteiger partial charge is 0.343 e. The molecule has 0 N–H and O–H groups in total. The maximum Gasteiger partial charge on any atom is 0.343 e. The quantitative estimate of drug-likeness (QED) is 0.361. The summed E-state index contributed by atoms with van der Waals surface area (Å²) in [6, 6.07) is 7.14. The van der Waals surface area contributed by atoms with Crippen LogP contribution in [0.4, 0.5) is 0 Å².